The van der Waals surface area contributed by atoms with Crippen molar-refractivity contribution in [1.29, 1.82) is 0 Å². The fourth-order valence-electron chi connectivity index (χ4n) is 3.15. The lowest BCUT2D eigenvalue weighted by molar-refractivity contribution is 0.324. The summed E-state index contributed by atoms with van der Waals surface area (Å²) < 4.78 is 31.9. The Labute approximate surface area is 166 Å². The van der Waals surface area contributed by atoms with Crippen LogP contribution in [0.3, 0.4) is 0 Å². The minimum absolute atomic E-state index is 0.265. The van der Waals surface area contributed by atoms with Gasteiger partial charge in [-0.05, 0) is 49.2 Å². The number of ether oxygens (including phenoxy) is 3. The summed E-state index contributed by atoms with van der Waals surface area (Å²) in [6.45, 7) is 0. The predicted octanol–water partition coefficient (Wildman–Crippen LogP) is 4.95. The van der Waals surface area contributed by atoms with Crippen LogP contribution in [0.15, 0.2) is 46.8 Å². The third kappa shape index (κ3) is 3.49. The lowest BCUT2D eigenvalue weighted by atomic mass is 10.1. The van der Waals surface area contributed by atoms with Crippen molar-refractivity contribution in [1.82, 2.24) is 4.57 Å². The summed E-state index contributed by atoms with van der Waals surface area (Å²) in [7, 11) is 4.81. The van der Waals surface area contributed by atoms with Gasteiger partial charge < -0.3 is 18.8 Å². The van der Waals surface area contributed by atoms with Gasteiger partial charge in [0, 0.05) is 17.0 Å². The highest BCUT2D eigenvalue weighted by Crippen LogP contribution is 2.43. The van der Waals surface area contributed by atoms with E-state index in [1.807, 2.05) is 12.1 Å². The molecule has 1 aliphatic rings. The first-order valence-electron chi connectivity index (χ1n) is 8.95. The molecule has 3 aromatic rings. The van der Waals surface area contributed by atoms with Crippen LogP contribution in [0.2, 0.25) is 0 Å². The number of aromatic nitrogens is 1. The Morgan fingerprint density at radius 3 is 2.18 bits per heavy atom. The van der Waals surface area contributed by atoms with Gasteiger partial charge >= 0.3 is 0 Å². The fraction of sp³-hybridized carbons (Fsp3) is 0.286. The summed E-state index contributed by atoms with van der Waals surface area (Å²) in [5.74, 6) is 1.53. The van der Waals surface area contributed by atoms with Crippen molar-refractivity contribution in [2.24, 2.45) is 4.99 Å². The predicted molar refractivity (Wildman–Crippen MR) is 107 cm³/mol. The van der Waals surface area contributed by atoms with Crippen molar-refractivity contribution < 1.29 is 18.6 Å². The number of hydrogen-bond acceptors (Lipinski definition) is 5. The van der Waals surface area contributed by atoms with Gasteiger partial charge in [-0.2, -0.15) is 0 Å². The van der Waals surface area contributed by atoms with Crippen molar-refractivity contribution in [3.8, 4) is 28.5 Å². The molecule has 1 saturated carbocycles. The van der Waals surface area contributed by atoms with Crippen molar-refractivity contribution in [2.75, 3.05) is 21.3 Å². The van der Waals surface area contributed by atoms with Crippen molar-refractivity contribution in [3.63, 3.8) is 0 Å². The van der Waals surface area contributed by atoms with E-state index in [1.165, 1.54) is 12.1 Å². The van der Waals surface area contributed by atoms with Crippen LogP contribution in [0.25, 0.3) is 11.3 Å². The zero-order valence-corrected chi connectivity index (χ0v) is 16.8. The second kappa shape index (κ2) is 7.67. The largest absolute Gasteiger partial charge is 0.493 e. The number of halogens is 1. The monoisotopic (exact) mass is 400 g/mol. The van der Waals surface area contributed by atoms with E-state index >= 15 is 0 Å². The molecule has 1 fully saturated rings. The van der Waals surface area contributed by atoms with Gasteiger partial charge in [0.2, 0.25) is 5.75 Å². The van der Waals surface area contributed by atoms with E-state index in [9.17, 15) is 4.39 Å². The highest BCUT2D eigenvalue weighted by atomic mass is 32.1. The zero-order chi connectivity index (χ0) is 19.7. The topological polar surface area (TPSA) is 45.0 Å². The van der Waals surface area contributed by atoms with E-state index in [0.29, 0.717) is 23.3 Å². The van der Waals surface area contributed by atoms with Gasteiger partial charge in [-0.1, -0.05) is 0 Å². The summed E-state index contributed by atoms with van der Waals surface area (Å²) in [6, 6.07) is 10.5. The summed E-state index contributed by atoms with van der Waals surface area (Å²) in [6.07, 6.45) is 2.23. The first kappa shape index (κ1) is 18.6. The Hall–Kier alpha value is -2.80. The molecule has 0 saturated heterocycles. The van der Waals surface area contributed by atoms with Crippen molar-refractivity contribution in [3.05, 3.63) is 52.4 Å². The van der Waals surface area contributed by atoms with Crippen LogP contribution >= 0.6 is 11.3 Å². The fourth-order valence-corrected chi connectivity index (χ4v) is 4.14. The molecule has 0 amide bonds. The summed E-state index contributed by atoms with van der Waals surface area (Å²) in [5.41, 5.74) is 2.75. The average Bonchev–Trinajstić information content (AvgIpc) is 3.48. The van der Waals surface area contributed by atoms with Crippen LogP contribution in [-0.2, 0) is 0 Å². The van der Waals surface area contributed by atoms with Gasteiger partial charge in [-0.25, -0.2) is 9.38 Å². The van der Waals surface area contributed by atoms with E-state index in [1.54, 1.807) is 44.8 Å². The number of benzene rings is 2. The van der Waals surface area contributed by atoms with Crippen molar-refractivity contribution in [2.45, 2.75) is 18.9 Å². The third-order valence-electron chi connectivity index (χ3n) is 4.67. The first-order chi connectivity index (χ1) is 13.6. The Bertz CT molecular complexity index is 1030. The Morgan fingerprint density at radius 1 is 1.00 bits per heavy atom. The van der Waals surface area contributed by atoms with Crippen LogP contribution in [0.1, 0.15) is 18.9 Å². The maximum atomic E-state index is 13.2. The maximum absolute atomic E-state index is 13.2. The van der Waals surface area contributed by atoms with Crippen LogP contribution in [0, 0.1) is 5.82 Å². The number of rotatable bonds is 6. The normalized spacial score (nSPS) is 14.2. The van der Waals surface area contributed by atoms with E-state index in [-0.39, 0.29) is 5.82 Å². The molecule has 0 N–H and O–H groups in total. The molecule has 2 aromatic carbocycles. The van der Waals surface area contributed by atoms with Crippen LogP contribution in [0.5, 0.6) is 17.2 Å². The SMILES string of the molecule is COc1cc(-c2csc(=Nc3ccc(F)cc3)n2C2CC2)cc(OC)c1OC. The third-order valence-corrected chi connectivity index (χ3v) is 5.51. The summed E-state index contributed by atoms with van der Waals surface area (Å²) in [5, 5.41) is 2.08. The number of hydrogen-bond donors (Lipinski definition) is 0. The van der Waals surface area contributed by atoms with Gasteiger partial charge in [0.25, 0.3) is 0 Å². The Balaban J connectivity index is 1.86. The minimum Gasteiger partial charge on any atom is -0.493 e. The van der Waals surface area contributed by atoms with E-state index in [0.717, 1.165) is 34.6 Å². The molecule has 0 atom stereocenters. The lowest BCUT2D eigenvalue weighted by Gasteiger charge is -2.15. The summed E-state index contributed by atoms with van der Waals surface area (Å²) in [4.78, 5) is 5.62. The standard InChI is InChI=1S/C21H21FN2O3S/c1-25-18-10-13(11-19(26-2)20(18)27-3)17-12-28-21(24(17)16-8-9-16)23-15-6-4-14(22)5-7-15/h4-7,10-12,16H,8-9H2,1-3H3. The molecule has 0 unspecified atom stereocenters. The Morgan fingerprint density at radius 2 is 1.64 bits per heavy atom. The molecule has 0 bridgehead atoms. The van der Waals surface area contributed by atoms with Crippen LogP contribution in [-0.4, -0.2) is 25.9 Å². The van der Waals surface area contributed by atoms with Gasteiger partial charge in [0.15, 0.2) is 16.3 Å². The highest BCUT2D eigenvalue weighted by Gasteiger charge is 2.28. The van der Waals surface area contributed by atoms with Gasteiger partial charge in [0.05, 0.1) is 32.7 Å². The zero-order valence-electron chi connectivity index (χ0n) is 15.9. The second-order valence-corrected chi connectivity index (χ2v) is 7.34. The maximum Gasteiger partial charge on any atom is 0.203 e. The molecule has 1 aliphatic carbocycles. The highest BCUT2D eigenvalue weighted by molar-refractivity contribution is 7.07. The van der Waals surface area contributed by atoms with Crippen LogP contribution < -0.4 is 19.0 Å². The molecular weight excluding hydrogens is 379 g/mol. The molecule has 1 heterocycles. The van der Waals surface area contributed by atoms with E-state index in [2.05, 4.69) is 9.95 Å². The molecule has 0 aliphatic heterocycles. The molecule has 0 spiro atoms. The molecule has 7 heteroatoms. The van der Waals surface area contributed by atoms with Gasteiger partial charge in [0.1, 0.15) is 5.82 Å². The number of methoxy groups -OCH3 is 3. The first-order valence-corrected chi connectivity index (χ1v) is 9.83. The quantitative estimate of drug-likeness (QED) is 0.588. The number of nitrogens with zero attached hydrogens (tertiary/aromatic N) is 2. The molecule has 5 nitrogen and oxygen atoms in total. The lowest BCUT2D eigenvalue weighted by Crippen LogP contribution is -2.14. The molecule has 146 valence electrons. The molecular formula is C21H21FN2O3S. The van der Waals surface area contributed by atoms with Crippen LogP contribution in [0.4, 0.5) is 10.1 Å². The molecule has 0 radical (unpaired) electrons. The van der Waals surface area contributed by atoms with Gasteiger partial charge in [-0.3, -0.25) is 0 Å². The van der Waals surface area contributed by atoms with E-state index in [4.69, 9.17) is 19.2 Å². The Kier molecular flexibility index (Phi) is 5.09. The molecule has 4 rings (SSSR count). The van der Waals surface area contributed by atoms with Gasteiger partial charge in [-0.15, -0.1) is 11.3 Å². The molecule has 28 heavy (non-hydrogen) atoms. The molecule has 1 aromatic heterocycles. The second-order valence-electron chi connectivity index (χ2n) is 6.51. The number of thiazole rings is 1. The smallest absolute Gasteiger partial charge is 0.203 e. The summed E-state index contributed by atoms with van der Waals surface area (Å²) >= 11 is 1.56. The van der Waals surface area contributed by atoms with E-state index < -0.39 is 0 Å². The average molecular weight is 400 g/mol. The minimum atomic E-state index is -0.265. The van der Waals surface area contributed by atoms with Crippen molar-refractivity contribution >= 4 is 17.0 Å².